The fraction of sp³-hybridized carbons (Fsp3) is 0.154. The number of Topliss-reactive ketones (excluding diaryl/α,β-unsaturated/α-hetero) is 2. The second kappa shape index (κ2) is 4.44. The zero-order chi connectivity index (χ0) is 13.3. The van der Waals surface area contributed by atoms with E-state index in [0.29, 0.717) is 5.56 Å². The van der Waals surface area contributed by atoms with Gasteiger partial charge in [-0.25, -0.2) is 4.79 Å². The van der Waals surface area contributed by atoms with Crippen molar-refractivity contribution in [3.8, 4) is 11.3 Å². The summed E-state index contributed by atoms with van der Waals surface area (Å²) < 4.78 is 4.87. The highest BCUT2D eigenvalue weighted by atomic mass is 16.4. The number of ketones is 2. The number of H-pyrrole nitrogens is 1. The summed E-state index contributed by atoms with van der Waals surface area (Å²) >= 11 is 0. The molecule has 1 aliphatic carbocycles. The molecule has 2 aromatic rings. The summed E-state index contributed by atoms with van der Waals surface area (Å²) in [6, 6.07) is 6.53. The predicted octanol–water partition coefficient (Wildman–Crippen LogP) is 2.04. The van der Waals surface area contributed by atoms with E-state index in [1.807, 2.05) is 13.8 Å². The maximum absolute atomic E-state index is 11.7. The largest absolute Gasteiger partial charge is 0.417 e. The van der Waals surface area contributed by atoms with Crippen LogP contribution >= 0.6 is 0 Å². The predicted molar refractivity (Wildman–Crippen MR) is 64.8 cm³/mol. The van der Waals surface area contributed by atoms with Crippen molar-refractivity contribution in [1.29, 1.82) is 0 Å². The van der Waals surface area contributed by atoms with Gasteiger partial charge in [0.1, 0.15) is 5.69 Å². The Labute approximate surface area is 102 Å². The maximum Gasteiger partial charge on any atom is 0.417 e. The molecule has 1 heterocycles. The number of rotatable bonds is 0. The van der Waals surface area contributed by atoms with Crippen LogP contribution in [0, 0.1) is 0 Å². The van der Waals surface area contributed by atoms with E-state index in [-0.39, 0.29) is 17.0 Å². The van der Waals surface area contributed by atoms with Gasteiger partial charge in [0.05, 0.1) is 0 Å². The van der Waals surface area contributed by atoms with Crippen molar-refractivity contribution >= 4 is 11.6 Å². The number of hydrogen-bond acceptors (Lipinski definition) is 4. The zero-order valence-corrected chi connectivity index (χ0v) is 9.94. The van der Waals surface area contributed by atoms with Crippen molar-refractivity contribution in [2.75, 3.05) is 0 Å². The molecule has 0 bridgehead atoms. The van der Waals surface area contributed by atoms with Gasteiger partial charge in [-0.3, -0.25) is 14.6 Å². The fourth-order valence-corrected chi connectivity index (χ4v) is 1.79. The van der Waals surface area contributed by atoms with Crippen molar-refractivity contribution < 1.29 is 14.0 Å². The number of benzene rings is 1. The maximum atomic E-state index is 11.7. The van der Waals surface area contributed by atoms with Crippen molar-refractivity contribution in [3.05, 3.63) is 46.1 Å². The molecule has 0 amide bonds. The summed E-state index contributed by atoms with van der Waals surface area (Å²) in [5.74, 6) is -1.95. The first-order valence-corrected chi connectivity index (χ1v) is 5.60. The lowest BCUT2D eigenvalue weighted by atomic mass is 9.91. The molecule has 1 aromatic heterocycles. The van der Waals surface area contributed by atoms with E-state index >= 15 is 0 Å². The average Bonchev–Trinajstić information content (AvgIpc) is 2.81. The Hall–Kier alpha value is -2.43. The molecule has 1 N–H and O–H groups in total. The van der Waals surface area contributed by atoms with Gasteiger partial charge >= 0.3 is 5.76 Å². The molecule has 18 heavy (non-hydrogen) atoms. The third-order valence-electron chi connectivity index (χ3n) is 2.50. The Morgan fingerprint density at radius 2 is 1.56 bits per heavy atom. The van der Waals surface area contributed by atoms with Gasteiger partial charge in [0.15, 0.2) is 5.76 Å². The van der Waals surface area contributed by atoms with Gasteiger partial charge in [-0.05, 0) is 0 Å². The third kappa shape index (κ3) is 1.60. The van der Waals surface area contributed by atoms with Crippen LogP contribution in [0.2, 0.25) is 0 Å². The van der Waals surface area contributed by atoms with Crippen LogP contribution in [0.3, 0.4) is 0 Å². The van der Waals surface area contributed by atoms with Gasteiger partial charge in [0.2, 0.25) is 5.78 Å². The summed E-state index contributed by atoms with van der Waals surface area (Å²) in [5, 5.41) is 0. The second-order valence-electron chi connectivity index (χ2n) is 3.42. The molecule has 0 atom stereocenters. The standard InChI is InChI=1S/C11H5NO4.C2H6/c13-8-5-3-1-2-4-6(5)10-7(9(8)14)12-11(15)16-10;1-2/h1-4H,(H,12,15);1-2H3. The molecule has 5 heteroatoms. The molecule has 1 aromatic carbocycles. The third-order valence-corrected chi connectivity index (χ3v) is 2.50. The van der Waals surface area contributed by atoms with Crippen LogP contribution in [0.4, 0.5) is 0 Å². The highest BCUT2D eigenvalue weighted by Gasteiger charge is 2.33. The minimum Gasteiger partial charge on any atom is -0.407 e. The number of oxazole rings is 1. The zero-order valence-electron chi connectivity index (χ0n) is 9.94. The van der Waals surface area contributed by atoms with Gasteiger partial charge in [-0.1, -0.05) is 38.1 Å². The molecule has 0 aliphatic heterocycles. The van der Waals surface area contributed by atoms with Crippen molar-refractivity contribution in [1.82, 2.24) is 4.98 Å². The number of carbonyl (C=O) groups is 2. The molecule has 0 fully saturated rings. The van der Waals surface area contributed by atoms with E-state index in [1.165, 1.54) is 6.07 Å². The Morgan fingerprint density at radius 3 is 2.22 bits per heavy atom. The second-order valence-corrected chi connectivity index (χ2v) is 3.42. The van der Waals surface area contributed by atoms with Crippen molar-refractivity contribution in [2.24, 2.45) is 0 Å². The summed E-state index contributed by atoms with van der Waals surface area (Å²) in [7, 11) is 0. The van der Waals surface area contributed by atoms with Crippen LogP contribution in [0.5, 0.6) is 0 Å². The molecule has 0 radical (unpaired) electrons. The fourth-order valence-electron chi connectivity index (χ4n) is 1.79. The summed E-state index contributed by atoms with van der Waals surface area (Å²) in [4.78, 5) is 36.5. The molecule has 0 unspecified atom stereocenters. The first-order chi connectivity index (χ1) is 8.68. The van der Waals surface area contributed by atoms with Gasteiger partial charge in [0, 0.05) is 11.1 Å². The molecule has 92 valence electrons. The van der Waals surface area contributed by atoms with E-state index in [2.05, 4.69) is 4.98 Å². The normalized spacial score (nSPS) is 12.3. The number of aromatic amines is 1. The molecule has 0 spiro atoms. The quantitative estimate of drug-likeness (QED) is 0.720. The summed E-state index contributed by atoms with van der Waals surface area (Å²) in [6.45, 7) is 4.00. The van der Waals surface area contributed by atoms with E-state index in [1.54, 1.807) is 18.2 Å². The number of aromatic nitrogens is 1. The Bertz CT molecular complexity index is 678. The average molecular weight is 245 g/mol. The van der Waals surface area contributed by atoms with Crippen LogP contribution in [0.25, 0.3) is 11.3 Å². The van der Waals surface area contributed by atoms with E-state index in [4.69, 9.17) is 4.42 Å². The first kappa shape index (κ1) is 12.0. The van der Waals surface area contributed by atoms with Crippen LogP contribution in [0.1, 0.15) is 34.7 Å². The minimum absolute atomic E-state index is 0.0614. The van der Waals surface area contributed by atoms with Gasteiger partial charge < -0.3 is 4.42 Å². The lowest BCUT2D eigenvalue weighted by Crippen LogP contribution is -2.21. The number of fused-ring (bicyclic) bond motifs is 3. The van der Waals surface area contributed by atoms with Crippen LogP contribution in [0.15, 0.2) is 33.5 Å². The lowest BCUT2D eigenvalue weighted by molar-refractivity contribution is 0.0812. The molecule has 5 nitrogen and oxygen atoms in total. The Kier molecular flexibility index (Phi) is 2.97. The lowest BCUT2D eigenvalue weighted by Gasteiger charge is -2.10. The molecule has 1 aliphatic rings. The SMILES string of the molecule is CC.O=C1C(=O)c2[nH]c(=O)oc2-c2ccccc21. The molecule has 3 rings (SSSR count). The van der Waals surface area contributed by atoms with Gasteiger partial charge in [-0.2, -0.15) is 0 Å². The smallest absolute Gasteiger partial charge is 0.407 e. The summed E-state index contributed by atoms with van der Waals surface area (Å²) in [6.07, 6.45) is 0. The molecule has 0 saturated carbocycles. The van der Waals surface area contributed by atoms with Crippen molar-refractivity contribution in [3.63, 3.8) is 0 Å². The van der Waals surface area contributed by atoms with E-state index < -0.39 is 17.3 Å². The Morgan fingerprint density at radius 1 is 0.944 bits per heavy atom. The molecule has 0 saturated heterocycles. The van der Waals surface area contributed by atoms with Gasteiger partial charge in [-0.15, -0.1) is 0 Å². The Balaban J connectivity index is 0.000000574. The highest BCUT2D eigenvalue weighted by Crippen LogP contribution is 2.31. The number of hydrogen-bond donors (Lipinski definition) is 1. The van der Waals surface area contributed by atoms with Gasteiger partial charge in [0.25, 0.3) is 5.78 Å². The number of carbonyl (C=O) groups excluding carboxylic acids is 2. The first-order valence-electron chi connectivity index (χ1n) is 5.60. The van der Waals surface area contributed by atoms with E-state index in [0.717, 1.165) is 0 Å². The molecular weight excluding hydrogens is 234 g/mol. The number of nitrogens with one attached hydrogen (secondary N) is 1. The van der Waals surface area contributed by atoms with Crippen LogP contribution in [-0.4, -0.2) is 16.6 Å². The monoisotopic (exact) mass is 245 g/mol. The van der Waals surface area contributed by atoms with Crippen LogP contribution < -0.4 is 5.76 Å². The minimum atomic E-state index is -0.737. The highest BCUT2D eigenvalue weighted by molar-refractivity contribution is 6.52. The van der Waals surface area contributed by atoms with Crippen LogP contribution in [-0.2, 0) is 0 Å². The molecular formula is C13H11NO4. The summed E-state index contributed by atoms with van der Waals surface area (Å²) in [5.41, 5.74) is 0.678. The topological polar surface area (TPSA) is 80.1 Å². The van der Waals surface area contributed by atoms with Crippen molar-refractivity contribution in [2.45, 2.75) is 13.8 Å². The van der Waals surface area contributed by atoms with E-state index in [9.17, 15) is 14.4 Å².